The Hall–Kier alpha value is -1.28. The third kappa shape index (κ3) is 4.88. The first-order valence-electron chi connectivity index (χ1n) is 7.97. The van der Waals surface area contributed by atoms with Crippen molar-refractivity contribution in [1.29, 1.82) is 0 Å². The molecule has 8 heteroatoms. The van der Waals surface area contributed by atoms with Crippen molar-refractivity contribution in [3.8, 4) is 0 Å². The van der Waals surface area contributed by atoms with Crippen molar-refractivity contribution in [3.63, 3.8) is 0 Å². The molecule has 0 aromatic heterocycles. The van der Waals surface area contributed by atoms with Crippen LogP contribution in [0.25, 0.3) is 0 Å². The summed E-state index contributed by atoms with van der Waals surface area (Å²) in [6.07, 6.45) is -5.30. The lowest BCUT2D eigenvalue weighted by Gasteiger charge is -2.46. The Balaban J connectivity index is 2.15. The van der Waals surface area contributed by atoms with Gasteiger partial charge in [-0.1, -0.05) is 42.8 Å². The molecule has 2 rings (SSSR count). The summed E-state index contributed by atoms with van der Waals surface area (Å²) in [5, 5.41) is 9.39. The zero-order valence-electron chi connectivity index (χ0n) is 14.4. The molecule has 4 nitrogen and oxygen atoms in total. The molecular weight excluding hydrogens is 401 g/mol. The van der Waals surface area contributed by atoms with Crippen molar-refractivity contribution in [2.24, 2.45) is 5.41 Å². The van der Waals surface area contributed by atoms with Crippen LogP contribution in [-0.2, 0) is 12.7 Å². The van der Waals surface area contributed by atoms with Gasteiger partial charge in [0.05, 0.1) is 11.6 Å². The summed E-state index contributed by atoms with van der Waals surface area (Å²) in [4.78, 5) is 15.0. The van der Waals surface area contributed by atoms with Gasteiger partial charge in [-0.15, -0.1) is 0 Å². The Morgan fingerprint density at radius 2 is 1.92 bits per heavy atom. The maximum Gasteiger partial charge on any atom is 0.416 e. The van der Waals surface area contributed by atoms with E-state index >= 15 is 0 Å². The number of hydrogen-bond acceptors (Lipinski definition) is 2. The van der Waals surface area contributed by atoms with Crippen molar-refractivity contribution in [2.75, 3.05) is 19.6 Å². The number of nitrogens with zero attached hydrogens (tertiary/aromatic N) is 2. The molecule has 140 valence electrons. The first-order valence-corrected chi connectivity index (χ1v) is 8.76. The molecular formula is C17H22BrF3N2O2. The summed E-state index contributed by atoms with van der Waals surface area (Å²) in [5.41, 5.74) is -0.162. The molecule has 1 aromatic carbocycles. The van der Waals surface area contributed by atoms with Crippen molar-refractivity contribution in [1.82, 2.24) is 9.80 Å². The van der Waals surface area contributed by atoms with E-state index in [-0.39, 0.29) is 11.5 Å². The van der Waals surface area contributed by atoms with Gasteiger partial charge in [0.25, 0.3) is 0 Å². The minimum absolute atomic E-state index is 0.174. The molecule has 1 N–H and O–H groups in total. The number of benzene rings is 1. The third-order valence-electron chi connectivity index (χ3n) is 4.48. The van der Waals surface area contributed by atoms with Gasteiger partial charge in [-0.05, 0) is 23.1 Å². The van der Waals surface area contributed by atoms with Crippen LogP contribution in [0.5, 0.6) is 0 Å². The summed E-state index contributed by atoms with van der Waals surface area (Å²) in [5.74, 6) is 0. The Bertz CT molecular complexity index is 644. The SMILES string of the molecule is CC(C)(C)C1CN(Cc2ccc(C(F)(F)F)cc2Br)CCN1C(=O)O. The number of hydrogen-bond donors (Lipinski definition) is 1. The average molecular weight is 423 g/mol. The molecule has 0 saturated carbocycles. The summed E-state index contributed by atoms with van der Waals surface area (Å²) in [7, 11) is 0. The van der Waals surface area contributed by atoms with E-state index in [4.69, 9.17) is 0 Å². The number of carboxylic acid groups (broad SMARTS) is 1. The van der Waals surface area contributed by atoms with Crippen LogP contribution < -0.4 is 0 Å². The van der Waals surface area contributed by atoms with Crippen molar-refractivity contribution in [3.05, 3.63) is 33.8 Å². The van der Waals surface area contributed by atoms with Gasteiger partial charge < -0.3 is 10.0 Å². The minimum atomic E-state index is -4.37. The molecule has 1 heterocycles. The minimum Gasteiger partial charge on any atom is -0.465 e. The molecule has 1 fully saturated rings. The van der Waals surface area contributed by atoms with Gasteiger partial charge in [0, 0.05) is 30.7 Å². The van der Waals surface area contributed by atoms with E-state index in [0.717, 1.165) is 17.7 Å². The highest BCUT2D eigenvalue weighted by molar-refractivity contribution is 9.10. The van der Waals surface area contributed by atoms with Crippen LogP contribution in [0, 0.1) is 5.41 Å². The lowest BCUT2D eigenvalue weighted by molar-refractivity contribution is -0.137. The summed E-state index contributed by atoms with van der Waals surface area (Å²) >= 11 is 3.22. The lowest BCUT2D eigenvalue weighted by Crippen LogP contribution is -2.59. The summed E-state index contributed by atoms with van der Waals surface area (Å²) in [6.45, 7) is 7.92. The predicted molar refractivity (Wildman–Crippen MR) is 92.4 cm³/mol. The van der Waals surface area contributed by atoms with E-state index in [1.54, 1.807) is 0 Å². The van der Waals surface area contributed by atoms with E-state index in [0.29, 0.717) is 30.7 Å². The van der Waals surface area contributed by atoms with Crippen LogP contribution in [0.1, 0.15) is 31.9 Å². The first-order chi connectivity index (χ1) is 11.4. The quantitative estimate of drug-likeness (QED) is 0.752. The molecule has 1 amide bonds. The van der Waals surface area contributed by atoms with Crippen LogP contribution in [0.4, 0.5) is 18.0 Å². The fraction of sp³-hybridized carbons (Fsp3) is 0.588. The number of carbonyl (C=O) groups is 1. The van der Waals surface area contributed by atoms with Crippen LogP contribution in [0.2, 0.25) is 0 Å². The van der Waals surface area contributed by atoms with Gasteiger partial charge in [-0.2, -0.15) is 13.2 Å². The maximum absolute atomic E-state index is 12.8. The topological polar surface area (TPSA) is 43.8 Å². The van der Waals surface area contributed by atoms with Gasteiger partial charge in [0.1, 0.15) is 0 Å². The molecule has 1 atom stereocenters. The molecule has 1 unspecified atom stereocenters. The fourth-order valence-electron chi connectivity index (χ4n) is 3.05. The highest BCUT2D eigenvalue weighted by atomic mass is 79.9. The van der Waals surface area contributed by atoms with Gasteiger partial charge >= 0.3 is 12.3 Å². The third-order valence-corrected chi connectivity index (χ3v) is 5.22. The van der Waals surface area contributed by atoms with Crippen LogP contribution in [0.15, 0.2) is 22.7 Å². The van der Waals surface area contributed by atoms with Gasteiger partial charge in [-0.25, -0.2) is 4.79 Å². The number of halogens is 4. The smallest absolute Gasteiger partial charge is 0.416 e. The molecule has 1 aliphatic heterocycles. The molecule has 1 saturated heterocycles. The van der Waals surface area contributed by atoms with Crippen molar-refractivity contribution in [2.45, 2.75) is 39.5 Å². The summed E-state index contributed by atoms with van der Waals surface area (Å²) in [6, 6.07) is 3.47. The van der Waals surface area contributed by atoms with Crippen LogP contribution in [-0.4, -0.2) is 46.7 Å². The predicted octanol–water partition coefficient (Wildman–Crippen LogP) is 4.68. The fourth-order valence-corrected chi connectivity index (χ4v) is 3.55. The van der Waals surface area contributed by atoms with E-state index in [1.807, 2.05) is 20.8 Å². The van der Waals surface area contributed by atoms with Gasteiger partial charge in [-0.3, -0.25) is 4.90 Å². The zero-order chi connectivity index (χ0) is 19.0. The first kappa shape index (κ1) is 20.0. The normalized spacial score (nSPS) is 20.0. The van der Waals surface area contributed by atoms with Crippen LogP contribution in [0.3, 0.4) is 0 Å². The molecule has 1 aromatic rings. The average Bonchev–Trinajstić information content (AvgIpc) is 2.47. The molecule has 0 bridgehead atoms. The molecule has 0 spiro atoms. The summed E-state index contributed by atoms with van der Waals surface area (Å²) < 4.78 is 38.7. The Kier molecular flexibility index (Phi) is 5.73. The second-order valence-electron chi connectivity index (χ2n) is 7.40. The Labute approximate surface area is 153 Å². The number of piperazine rings is 1. The number of rotatable bonds is 2. The van der Waals surface area contributed by atoms with Gasteiger partial charge in [0.15, 0.2) is 0 Å². The highest BCUT2D eigenvalue weighted by Gasteiger charge is 2.38. The molecule has 25 heavy (non-hydrogen) atoms. The Morgan fingerprint density at radius 3 is 2.40 bits per heavy atom. The van der Waals surface area contributed by atoms with E-state index in [1.165, 1.54) is 11.0 Å². The lowest BCUT2D eigenvalue weighted by atomic mass is 9.84. The van der Waals surface area contributed by atoms with Crippen molar-refractivity contribution < 1.29 is 23.1 Å². The maximum atomic E-state index is 12.8. The van der Waals surface area contributed by atoms with Crippen LogP contribution >= 0.6 is 15.9 Å². The monoisotopic (exact) mass is 422 g/mol. The number of alkyl halides is 3. The van der Waals surface area contributed by atoms with E-state index in [9.17, 15) is 23.1 Å². The second-order valence-corrected chi connectivity index (χ2v) is 8.25. The molecule has 0 aliphatic carbocycles. The molecule has 0 radical (unpaired) electrons. The molecule has 1 aliphatic rings. The Morgan fingerprint density at radius 1 is 1.28 bits per heavy atom. The second kappa shape index (κ2) is 7.15. The largest absolute Gasteiger partial charge is 0.465 e. The van der Waals surface area contributed by atoms with E-state index < -0.39 is 17.8 Å². The standard InChI is InChI=1S/C17H22BrF3N2O2/c1-16(2,3)14-10-22(6-7-23(14)15(24)25)9-11-4-5-12(8-13(11)18)17(19,20)21/h4-5,8,14H,6-7,9-10H2,1-3H3,(H,24,25). The highest BCUT2D eigenvalue weighted by Crippen LogP contribution is 2.33. The van der Waals surface area contributed by atoms with E-state index in [2.05, 4.69) is 20.8 Å². The zero-order valence-corrected chi connectivity index (χ0v) is 16.0. The van der Waals surface area contributed by atoms with Crippen molar-refractivity contribution >= 4 is 22.0 Å². The van der Waals surface area contributed by atoms with Gasteiger partial charge in [0.2, 0.25) is 0 Å². The number of amides is 1.